The molecule has 2 aromatic carbocycles. The minimum Gasteiger partial charge on any atom is -0.464 e. The van der Waals surface area contributed by atoms with E-state index in [4.69, 9.17) is 24.2 Å². The SMILES string of the molecule is COC(=O)NC(C(=O)N1CCCC1c1ncc(-c2cc(F)c3c(c2)OC(c2cc4c(s2)CCCC4)n2c-3cc3cc(-c4cnc(C5CCCN5C(=O)C(NC(=O)OC)C(C)C)[nH]4)ccc32)[nH]1)C(C)C. The molecule has 2 saturated heterocycles. The Balaban J connectivity index is 0.974. The van der Waals surface area contributed by atoms with E-state index in [1.807, 2.05) is 52.0 Å². The second-order valence-electron chi connectivity index (χ2n) is 19.2. The van der Waals surface area contributed by atoms with Crippen molar-refractivity contribution in [2.45, 2.75) is 109 Å². The van der Waals surface area contributed by atoms with Crippen LogP contribution in [-0.2, 0) is 31.9 Å². The number of hydrogen-bond donors (Lipinski definition) is 4. The average Bonchev–Trinajstić information content (AvgIpc) is 4.21. The highest BCUT2D eigenvalue weighted by Gasteiger charge is 2.40. The van der Waals surface area contributed by atoms with Gasteiger partial charge in [-0.15, -0.1) is 11.3 Å². The van der Waals surface area contributed by atoms with Gasteiger partial charge in [0.2, 0.25) is 18.0 Å². The topological polar surface area (TPSA) is 189 Å². The van der Waals surface area contributed by atoms with Gasteiger partial charge in [-0.2, -0.15) is 0 Å². The fourth-order valence-corrected chi connectivity index (χ4v) is 11.9. The van der Waals surface area contributed by atoms with Crippen LogP contribution in [0.1, 0.15) is 111 Å². The molecule has 0 spiro atoms. The van der Waals surface area contributed by atoms with Crippen molar-refractivity contribution in [3.8, 4) is 39.5 Å². The Morgan fingerprint density at radius 3 is 1.94 bits per heavy atom. The number of fused-ring (bicyclic) bond motifs is 6. The van der Waals surface area contributed by atoms with Crippen LogP contribution >= 0.6 is 11.3 Å². The van der Waals surface area contributed by atoms with Gasteiger partial charge in [0.1, 0.15) is 35.3 Å². The van der Waals surface area contributed by atoms with Gasteiger partial charge in [-0.05, 0) is 105 Å². The van der Waals surface area contributed by atoms with Gasteiger partial charge in [-0.3, -0.25) is 14.2 Å². The van der Waals surface area contributed by atoms with E-state index in [0.29, 0.717) is 59.4 Å². The molecular formula is C51H58FN9O7S. The predicted molar refractivity (Wildman–Crippen MR) is 258 cm³/mol. The summed E-state index contributed by atoms with van der Waals surface area (Å²) in [4.78, 5) is 74.3. The lowest BCUT2D eigenvalue weighted by Gasteiger charge is -2.30. The fourth-order valence-electron chi connectivity index (χ4n) is 10.6. The Morgan fingerprint density at radius 2 is 1.36 bits per heavy atom. The van der Waals surface area contributed by atoms with Crippen LogP contribution in [0.4, 0.5) is 14.0 Å². The molecule has 16 nitrogen and oxygen atoms in total. The Labute approximate surface area is 403 Å². The maximum absolute atomic E-state index is 17.0. The molecule has 5 atom stereocenters. The van der Waals surface area contributed by atoms with Crippen molar-refractivity contribution in [2.24, 2.45) is 11.8 Å². The zero-order valence-corrected chi connectivity index (χ0v) is 40.5. The van der Waals surface area contributed by atoms with Crippen LogP contribution in [0, 0.1) is 17.7 Å². The summed E-state index contributed by atoms with van der Waals surface area (Å²) in [6.45, 7) is 8.60. The number of hydrogen-bond acceptors (Lipinski definition) is 10. The van der Waals surface area contributed by atoms with Crippen LogP contribution in [0.25, 0.3) is 44.7 Å². The van der Waals surface area contributed by atoms with Crippen LogP contribution in [0.15, 0.2) is 54.9 Å². The van der Waals surface area contributed by atoms with Gasteiger partial charge in [0.15, 0.2) is 0 Å². The Bertz CT molecular complexity index is 2930. The molecule has 4 amide bonds. The van der Waals surface area contributed by atoms with Crippen molar-refractivity contribution < 1.29 is 37.8 Å². The van der Waals surface area contributed by atoms with E-state index in [1.165, 1.54) is 30.7 Å². The first kappa shape index (κ1) is 46.1. The lowest BCUT2D eigenvalue weighted by molar-refractivity contribution is -0.136. The van der Waals surface area contributed by atoms with E-state index in [0.717, 1.165) is 72.0 Å². The lowest BCUT2D eigenvalue weighted by Crippen LogP contribution is -2.51. The van der Waals surface area contributed by atoms with Crippen molar-refractivity contribution in [2.75, 3.05) is 27.3 Å². The number of halogens is 1. The minimum absolute atomic E-state index is 0.149. The summed E-state index contributed by atoms with van der Waals surface area (Å²) >= 11 is 1.76. The predicted octanol–water partition coefficient (Wildman–Crippen LogP) is 9.20. The number of ether oxygens (including phenoxy) is 3. The molecule has 362 valence electrons. The molecule has 5 unspecified atom stereocenters. The van der Waals surface area contributed by atoms with Gasteiger partial charge >= 0.3 is 12.2 Å². The van der Waals surface area contributed by atoms with Crippen molar-refractivity contribution in [1.29, 1.82) is 0 Å². The summed E-state index contributed by atoms with van der Waals surface area (Å²) in [6.07, 6.45) is 8.89. The van der Waals surface area contributed by atoms with Crippen molar-refractivity contribution >= 4 is 46.2 Å². The number of nitrogens with one attached hydrogen (secondary N) is 4. The normalized spacial score (nSPS) is 19.5. The Kier molecular flexibility index (Phi) is 12.5. The average molecular weight is 960 g/mol. The van der Waals surface area contributed by atoms with Crippen LogP contribution in [-0.4, -0.2) is 97.7 Å². The number of methoxy groups -OCH3 is 2. The monoisotopic (exact) mass is 959 g/mol. The third-order valence-corrected chi connectivity index (χ3v) is 15.4. The molecule has 18 heteroatoms. The fraction of sp³-hybridized carbons (Fsp3) is 0.451. The molecule has 3 aliphatic heterocycles. The zero-order valence-electron chi connectivity index (χ0n) is 39.7. The maximum Gasteiger partial charge on any atom is 0.407 e. The molecule has 7 heterocycles. The number of amides is 4. The van der Waals surface area contributed by atoms with Gasteiger partial charge in [0, 0.05) is 34.5 Å². The van der Waals surface area contributed by atoms with Crippen LogP contribution in [0.5, 0.6) is 5.75 Å². The van der Waals surface area contributed by atoms with Crippen molar-refractivity contribution in [1.82, 2.24) is 44.9 Å². The third kappa shape index (κ3) is 8.50. The Hall–Kier alpha value is -6.69. The number of aryl methyl sites for hydroxylation is 2. The summed E-state index contributed by atoms with van der Waals surface area (Å²) in [7, 11) is 2.55. The number of imidazole rings is 2. The summed E-state index contributed by atoms with van der Waals surface area (Å²) in [5.74, 6) is 0.505. The quantitative estimate of drug-likeness (QED) is 0.0982. The number of aromatic amines is 2. The number of carbonyl (C=O) groups is 4. The van der Waals surface area contributed by atoms with Crippen molar-refractivity contribution in [3.63, 3.8) is 0 Å². The second kappa shape index (κ2) is 18.7. The first-order valence-corrected chi connectivity index (χ1v) is 24.8. The Morgan fingerprint density at radius 1 is 0.768 bits per heavy atom. The van der Waals surface area contributed by atoms with E-state index in [9.17, 15) is 19.2 Å². The zero-order chi connectivity index (χ0) is 48.2. The molecule has 0 bridgehead atoms. The molecular weight excluding hydrogens is 902 g/mol. The standard InChI is InChI=1S/C51H58FN9O7S/c1-26(2)43(57-50(64)66-5)47(62)59-17-9-12-36(59)45-53-24-33(55-45)28-15-16-35-31(19-28)21-38-42-32(52)20-30(22-39(42)68-49(61(35)38)41-23-29-11-7-8-14-40(29)69-41)34-25-54-46(56-34)37-13-10-18-60(37)48(63)44(27(3)4)58-51(65)67-6/h15-16,19-27,36-37,43-44,49H,7-14,17-18H2,1-6H3,(H,53,55)(H,54,56)(H,57,64)(H,58,65). The number of benzene rings is 2. The largest absolute Gasteiger partial charge is 0.464 e. The molecule has 2 fully saturated rings. The van der Waals surface area contributed by atoms with Gasteiger partial charge in [-0.1, -0.05) is 33.8 Å². The lowest BCUT2D eigenvalue weighted by atomic mass is 9.99. The number of rotatable bonds is 11. The molecule has 4 aromatic heterocycles. The van der Waals surface area contributed by atoms with Crippen LogP contribution < -0.4 is 15.4 Å². The second-order valence-corrected chi connectivity index (χ2v) is 20.4. The highest BCUT2D eigenvalue weighted by Crippen LogP contribution is 2.49. The van der Waals surface area contributed by atoms with E-state index in [-0.39, 0.29) is 35.7 Å². The molecule has 0 radical (unpaired) electrons. The van der Waals surface area contributed by atoms with Gasteiger partial charge in [-0.25, -0.2) is 23.9 Å². The van der Waals surface area contributed by atoms with E-state index >= 15 is 4.39 Å². The number of likely N-dealkylation sites (tertiary alicyclic amines) is 2. The number of nitrogens with zero attached hydrogens (tertiary/aromatic N) is 5. The molecule has 6 aromatic rings. The maximum atomic E-state index is 17.0. The molecule has 4 N–H and O–H groups in total. The third-order valence-electron chi connectivity index (χ3n) is 14.2. The number of aromatic nitrogens is 5. The number of carbonyl (C=O) groups excluding carboxylic acids is 4. The summed E-state index contributed by atoms with van der Waals surface area (Å²) in [6, 6.07) is 11.7. The van der Waals surface area contributed by atoms with Crippen LogP contribution in [0.2, 0.25) is 0 Å². The smallest absolute Gasteiger partial charge is 0.407 e. The van der Waals surface area contributed by atoms with E-state index in [1.54, 1.807) is 33.5 Å². The van der Waals surface area contributed by atoms with E-state index in [2.05, 4.69) is 37.3 Å². The van der Waals surface area contributed by atoms with Crippen LogP contribution in [0.3, 0.4) is 0 Å². The van der Waals surface area contributed by atoms with E-state index < -0.39 is 36.3 Å². The highest BCUT2D eigenvalue weighted by atomic mass is 32.1. The number of alkyl carbamates (subject to hydrolysis) is 2. The minimum atomic E-state index is -0.767. The molecule has 10 rings (SSSR count). The molecule has 0 saturated carbocycles. The first-order chi connectivity index (χ1) is 33.3. The summed E-state index contributed by atoms with van der Waals surface area (Å²) in [5.41, 5.74) is 6.09. The van der Waals surface area contributed by atoms with Gasteiger partial charge < -0.3 is 44.6 Å². The summed E-state index contributed by atoms with van der Waals surface area (Å²) < 4.78 is 35.7. The molecule has 4 aliphatic rings. The molecule has 1 aliphatic carbocycles. The number of thiophene rings is 1. The molecule has 69 heavy (non-hydrogen) atoms. The first-order valence-electron chi connectivity index (χ1n) is 24.0. The van der Waals surface area contributed by atoms with Gasteiger partial charge in [0.05, 0.1) is 71.7 Å². The van der Waals surface area contributed by atoms with Crippen molar-refractivity contribution in [3.05, 3.63) is 87.6 Å². The summed E-state index contributed by atoms with van der Waals surface area (Å²) in [5, 5.41) is 6.30. The van der Waals surface area contributed by atoms with Gasteiger partial charge in [0.25, 0.3) is 0 Å². The highest BCUT2D eigenvalue weighted by molar-refractivity contribution is 7.12. The number of H-pyrrole nitrogens is 2.